The van der Waals surface area contributed by atoms with Gasteiger partial charge in [-0.1, -0.05) is 29.4 Å². The number of hydrogen-bond acceptors (Lipinski definition) is 7. The van der Waals surface area contributed by atoms with E-state index in [1.54, 1.807) is 50.9 Å². The Balaban J connectivity index is 1.59. The number of ether oxygens (including phenoxy) is 2. The maximum atomic E-state index is 12.7. The number of nitrogens with one attached hydrogen (secondary N) is 1. The molecule has 0 aliphatic carbocycles. The fourth-order valence-corrected chi connectivity index (χ4v) is 4.06. The van der Waals surface area contributed by atoms with E-state index in [1.165, 1.54) is 11.8 Å². The van der Waals surface area contributed by atoms with Gasteiger partial charge in [0.1, 0.15) is 11.5 Å². The second-order valence-electron chi connectivity index (χ2n) is 6.77. The highest BCUT2D eigenvalue weighted by molar-refractivity contribution is 7.99. The molecule has 8 nitrogen and oxygen atoms in total. The number of methoxy groups -OCH3 is 2. The van der Waals surface area contributed by atoms with Crippen LogP contribution in [-0.2, 0) is 4.79 Å². The first-order valence-electron chi connectivity index (χ1n) is 9.85. The summed E-state index contributed by atoms with van der Waals surface area (Å²) >= 11 is 7.48. The van der Waals surface area contributed by atoms with Crippen molar-refractivity contribution < 1.29 is 14.3 Å². The number of carbonyl (C=O) groups is 1. The minimum Gasteiger partial charge on any atom is -0.497 e. The van der Waals surface area contributed by atoms with Crippen LogP contribution in [0.25, 0.3) is 17.1 Å². The van der Waals surface area contributed by atoms with Gasteiger partial charge >= 0.3 is 0 Å². The van der Waals surface area contributed by atoms with Crippen molar-refractivity contribution in [2.24, 2.45) is 0 Å². The number of pyridine rings is 1. The van der Waals surface area contributed by atoms with E-state index in [0.29, 0.717) is 33.2 Å². The number of anilines is 1. The number of halogens is 1. The number of aromatic nitrogens is 4. The van der Waals surface area contributed by atoms with Crippen LogP contribution < -0.4 is 14.8 Å². The Bertz CT molecular complexity index is 1270. The lowest BCUT2D eigenvalue weighted by Gasteiger charge is -2.12. The van der Waals surface area contributed by atoms with Gasteiger partial charge in [0.2, 0.25) is 5.91 Å². The summed E-state index contributed by atoms with van der Waals surface area (Å²) in [6, 6.07) is 16.3. The molecule has 0 bridgehead atoms. The summed E-state index contributed by atoms with van der Waals surface area (Å²) in [6.07, 6.45) is 3.40. The molecule has 0 atom stereocenters. The number of nitrogens with zero attached hydrogens (tertiary/aromatic N) is 4. The van der Waals surface area contributed by atoms with Crippen LogP contribution >= 0.6 is 23.4 Å². The first-order chi connectivity index (χ1) is 16.1. The molecule has 4 rings (SSSR count). The second kappa shape index (κ2) is 10.4. The number of rotatable bonds is 8. The van der Waals surface area contributed by atoms with Crippen molar-refractivity contribution in [1.82, 2.24) is 19.7 Å². The van der Waals surface area contributed by atoms with Gasteiger partial charge in [0.05, 0.1) is 31.3 Å². The third-order valence-corrected chi connectivity index (χ3v) is 5.80. The van der Waals surface area contributed by atoms with Gasteiger partial charge in [-0.3, -0.25) is 14.3 Å². The van der Waals surface area contributed by atoms with Gasteiger partial charge in [0, 0.05) is 29.0 Å². The molecule has 2 aromatic heterocycles. The van der Waals surface area contributed by atoms with Crippen LogP contribution in [0.1, 0.15) is 0 Å². The number of hydrogen-bond donors (Lipinski definition) is 1. The van der Waals surface area contributed by atoms with Crippen LogP contribution in [0.3, 0.4) is 0 Å². The van der Waals surface area contributed by atoms with E-state index in [9.17, 15) is 4.79 Å². The molecule has 10 heteroatoms. The predicted octanol–water partition coefficient (Wildman–Crippen LogP) is 4.73. The molecule has 0 unspecified atom stereocenters. The largest absolute Gasteiger partial charge is 0.497 e. The van der Waals surface area contributed by atoms with Gasteiger partial charge in [-0.05, 0) is 42.5 Å². The summed E-state index contributed by atoms with van der Waals surface area (Å²) in [5.74, 6) is 1.63. The van der Waals surface area contributed by atoms with Gasteiger partial charge < -0.3 is 14.8 Å². The van der Waals surface area contributed by atoms with Crippen LogP contribution in [-0.4, -0.2) is 45.6 Å². The van der Waals surface area contributed by atoms with Crippen LogP contribution in [0.4, 0.5) is 5.69 Å². The summed E-state index contributed by atoms with van der Waals surface area (Å²) in [6.45, 7) is 0. The van der Waals surface area contributed by atoms with Crippen LogP contribution in [0, 0.1) is 0 Å². The molecule has 0 saturated carbocycles. The maximum Gasteiger partial charge on any atom is 0.234 e. The van der Waals surface area contributed by atoms with Crippen molar-refractivity contribution in [2.45, 2.75) is 5.16 Å². The number of thioether (sulfide) groups is 1. The quantitative estimate of drug-likeness (QED) is 0.364. The summed E-state index contributed by atoms with van der Waals surface area (Å²) in [5.41, 5.74) is 2.10. The van der Waals surface area contributed by atoms with Gasteiger partial charge in [-0.15, -0.1) is 10.2 Å². The Morgan fingerprint density at radius 2 is 1.97 bits per heavy atom. The minimum absolute atomic E-state index is 0.103. The van der Waals surface area contributed by atoms with Crippen molar-refractivity contribution in [1.29, 1.82) is 0 Å². The second-order valence-corrected chi connectivity index (χ2v) is 8.15. The first-order valence-corrected chi connectivity index (χ1v) is 11.2. The highest BCUT2D eigenvalue weighted by Crippen LogP contribution is 2.31. The molecular formula is C23H20ClN5O3S. The molecule has 2 aromatic carbocycles. The molecule has 1 N–H and O–H groups in total. The minimum atomic E-state index is -0.227. The Kier molecular flexibility index (Phi) is 7.11. The van der Waals surface area contributed by atoms with Crippen LogP contribution in [0.2, 0.25) is 5.02 Å². The molecule has 0 aliphatic heterocycles. The molecule has 33 heavy (non-hydrogen) atoms. The zero-order valence-corrected chi connectivity index (χ0v) is 19.4. The first kappa shape index (κ1) is 22.6. The third-order valence-electron chi connectivity index (χ3n) is 4.63. The maximum absolute atomic E-state index is 12.7. The summed E-state index contributed by atoms with van der Waals surface area (Å²) in [5, 5.41) is 12.7. The molecule has 0 saturated heterocycles. The molecule has 0 aliphatic rings. The van der Waals surface area contributed by atoms with E-state index >= 15 is 0 Å². The standard InChI is InChI=1S/C23H20ClN5O3S/c1-31-18-8-9-20(32-2)19(12-18)26-21(30)14-33-23-28-27-22(15-5-4-10-25-13-15)29(23)17-7-3-6-16(24)11-17/h3-13H,14H2,1-2H3,(H,26,30). The van der Waals surface area contributed by atoms with E-state index in [2.05, 4.69) is 20.5 Å². The van der Waals surface area contributed by atoms with E-state index in [0.717, 1.165) is 11.3 Å². The summed E-state index contributed by atoms with van der Waals surface area (Å²) < 4.78 is 12.4. The molecule has 4 aromatic rings. The molecular weight excluding hydrogens is 462 g/mol. The lowest BCUT2D eigenvalue weighted by atomic mass is 10.2. The highest BCUT2D eigenvalue weighted by Gasteiger charge is 2.18. The van der Waals surface area contributed by atoms with Gasteiger partial charge in [0.25, 0.3) is 0 Å². The zero-order valence-electron chi connectivity index (χ0n) is 17.9. The van der Waals surface area contributed by atoms with E-state index in [4.69, 9.17) is 21.1 Å². The fraction of sp³-hybridized carbons (Fsp3) is 0.130. The lowest BCUT2D eigenvalue weighted by Crippen LogP contribution is -2.15. The average molecular weight is 482 g/mol. The Morgan fingerprint density at radius 1 is 1.09 bits per heavy atom. The number of amides is 1. The Hall–Kier alpha value is -3.56. The highest BCUT2D eigenvalue weighted by atomic mass is 35.5. The van der Waals surface area contributed by atoms with Gasteiger partial charge in [0.15, 0.2) is 11.0 Å². The van der Waals surface area contributed by atoms with Gasteiger partial charge in [-0.2, -0.15) is 0 Å². The van der Waals surface area contributed by atoms with Crippen molar-refractivity contribution in [3.05, 3.63) is 72.0 Å². The van der Waals surface area contributed by atoms with Crippen molar-refractivity contribution in [3.8, 4) is 28.6 Å². The van der Waals surface area contributed by atoms with Crippen LogP contribution in [0.5, 0.6) is 11.5 Å². The van der Waals surface area contributed by atoms with Gasteiger partial charge in [-0.25, -0.2) is 0 Å². The summed E-state index contributed by atoms with van der Waals surface area (Å²) in [4.78, 5) is 16.9. The Labute approximate surface area is 199 Å². The summed E-state index contributed by atoms with van der Waals surface area (Å²) in [7, 11) is 3.10. The SMILES string of the molecule is COc1ccc(OC)c(NC(=O)CSc2nnc(-c3cccnc3)n2-c2cccc(Cl)c2)c1. The molecule has 1 amide bonds. The molecule has 0 radical (unpaired) electrons. The fourth-order valence-electron chi connectivity index (χ4n) is 3.12. The number of benzene rings is 2. The van der Waals surface area contributed by atoms with E-state index in [-0.39, 0.29) is 11.7 Å². The lowest BCUT2D eigenvalue weighted by molar-refractivity contribution is -0.113. The molecule has 0 fully saturated rings. The predicted molar refractivity (Wildman–Crippen MR) is 128 cm³/mol. The van der Waals surface area contributed by atoms with E-state index in [1.807, 2.05) is 34.9 Å². The normalized spacial score (nSPS) is 10.6. The Morgan fingerprint density at radius 3 is 2.70 bits per heavy atom. The molecule has 2 heterocycles. The smallest absolute Gasteiger partial charge is 0.234 e. The topological polar surface area (TPSA) is 91.2 Å². The van der Waals surface area contributed by atoms with Crippen molar-refractivity contribution in [2.75, 3.05) is 25.3 Å². The number of carbonyl (C=O) groups excluding carboxylic acids is 1. The molecule has 0 spiro atoms. The monoisotopic (exact) mass is 481 g/mol. The molecule has 168 valence electrons. The van der Waals surface area contributed by atoms with Crippen LogP contribution in [0.15, 0.2) is 72.1 Å². The van der Waals surface area contributed by atoms with E-state index < -0.39 is 0 Å². The zero-order chi connectivity index (χ0) is 23.2. The average Bonchev–Trinajstić information content (AvgIpc) is 3.27. The third kappa shape index (κ3) is 5.27. The van der Waals surface area contributed by atoms with Crippen molar-refractivity contribution >= 4 is 35.0 Å². The van der Waals surface area contributed by atoms with Crippen molar-refractivity contribution in [3.63, 3.8) is 0 Å².